The van der Waals surface area contributed by atoms with Gasteiger partial charge < -0.3 is 19.6 Å². The van der Waals surface area contributed by atoms with Gasteiger partial charge in [0.15, 0.2) is 0 Å². The maximum atomic E-state index is 11.4. The summed E-state index contributed by atoms with van der Waals surface area (Å²) in [6, 6.07) is 0.747. The molecule has 0 radical (unpaired) electrons. The Bertz CT molecular complexity index is 539. The molecule has 0 aromatic carbocycles. The number of aryl methyl sites for hydroxylation is 1. The van der Waals surface area contributed by atoms with Gasteiger partial charge in [0.2, 0.25) is 11.7 Å². The maximum absolute atomic E-state index is 11.4. The lowest BCUT2D eigenvalue weighted by molar-refractivity contribution is -0.140. The Morgan fingerprint density at radius 3 is 2.67 bits per heavy atom. The Kier molecular flexibility index (Phi) is 6.29. The average Bonchev–Trinajstić information content (AvgIpc) is 2.77. The van der Waals surface area contributed by atoms with Crippen molar-refractivity contribution in [3.8, 4) is 0 Å². The van der Waals surface area contributed by atoms with E-state index in [2.05, 4.69) is 10.1 Å². The minimum absolute atomic E-state index is 0.143. The van der Waals surface area contributed by atoms with Crippen LogP contribution in [0.15, 0.2) is 10.5 Å². The molecule has 0 aliphatic carbocycles. The smallest absolute Gasteiger partial charge is 0.374 e. The SMILES string of the molecule is COC(=O)c1oc(CSCC(NC(C)=O)C(=O)O)cc1C. The molecule has 8 heteroatoms. The number of carboxylic acids is 1. The number of esters is 1. The van der Waals surface area contributed by atoms with Crippen molar-refractivity contribution in [1.82, 2.24) is 5.32 Å². The molecule has 0 fully saturated rings. The quantitative estimate of drug-likeness (QED) is 0.728. The minimum atomic E-state index is -1.09. The van der Waals surface area contributed by atoms with Crippen molar-refractivity contribution in [2.24, 2.45) is 0 Å². The lowest BCUT2D eigenvalue weighted by Crippen LogP contribution is -2.41. The van der Waals surface area contributed by atoms with Gasteiger partial charge in [0, 0.05) is 18.2 Å². The Balaban J connectivity index is 2.57. The number of nitrogens with one attached hydrogen (secondary N) is 1. The molecule has 0 saturated carbocycles. The first-order chi connectivity index (χ1) is 9.85. The number of thioether (sulfide) groups is 1. The number of rotatable bonds is 7. The number of ether oxygens (including phenoxy) is 1. The molecule has 1 unspecified atom stereocenters. The first kappa shape index (κ1) is 17.1. The summed E-state index contributed by atoms with van der Waals surface area (Å²) >= 11 is 1.28. The van der Waals surface area contributed by atoms with Gasteiger partial charge in [-0.3, -0.25) is 4.79 Å². The van der Waals surface area contributed by atoms with Crippen LogP contribution < -0.4 is 5.32 Å². The van der Waals surface area contributed by atoms with Crippen LogP contribution in [0.1, 0.15) is 28.8 Å². The number of furan rings is 1. The van der Waals surface area contributed by atoms with Crippen LogP contribution in [-0.4, -0.2) is 41.9 Å². The second kappa shape index (κ2) is 7.72. The lowest BCUT2D eigenvalue weighted by Gasteiger charge is -2.11. The van der Waals surface area contributed by atoms with Crippen LogP contribution in [-0.2, 0) is 20.1 Å². The van der Waals surface area contributed by atoms with Gasteiger partial charge in [-0.15, -0.1) is 0 Å². The van der Waals surface area contributed by atoms with Gasteiger partial charge in [0.05, 0.1) is 12.9 Å². The van der Waals surface area contributed by atoms with Crippen LogP contribution in [0.2, 0.25) is 0 Å². The monoisotopic (exact) mass is 315 g/mol. The van der Waals surface area contributed by atoms with Crippen molar-refractivity contribution < 1.29 is 28.6 Å². The molecular formula is C13H17NO6S. The van der Waals surface area contributed by atoms with Crippen LogP contribution in [0.3, 0.4) is 0 Å². The lowest BCUT2D eigenvalue weighted by atomic mass is 10.3. The number of amides is 1. The van der Waals surface area contributed by atoms with Crippen molar-refractivity contribution in [2.75, 3.05) is 12.9 Å². The summed E-state index contributed by atoms with van der Waals surface area (Å²) < 4.78 is 9.94. The van der Waals surface area contributed by atoms with Crippen LogP contribution in [0.4, 0.5) is 0 Å². The number of aliphatic carboxylic acids is 1. The summed E-state index contributed by atoms with van der Waals surface area (Å²) in [7, 11) is 1.27. The van der Waals surface area contributed by atoms with Crippen molar-refractivity contribution in [3.05, 3.63) is 23.2 Å². The summed E-state index contributed by atoms with van der Waals surface area (Å²) in [6.07, 6.45) is 0. The third-order valence-corrected chi connectivity index (χ3v) is 3.60. The second-order valence-electron chi connectivity index (χ2n) is 4.32. The van der Waals surface area contributed by atoms with Gasteiger partial charge in [-0.05, 0) is 13.0 Å². The molecule has 116 valence electrons. The Morgan fingerprint density at radius 2 is 2.14 bits per heavy atom. The molecule has 1 rings (SSSR count). The van der Waals surface area contributed by atoms with E-state index in [1.54, 1.807) is 13.0 Å². The van der Waals surface area contributed by atoms with Crippen molar-refractivity contribution in [2.45, 2.75) is 25.6 Å². The zero-order valence-corrected chi connectivity index (χ0v) is 12.8. The molecule has 1 aromatic rings. The summed E-state index contributed by atoms with van der Waals surface area (Å²) in [4.78, 5) is 33.2. The molecule has 21 heavy (non-hydrogen) atoms. The van der Waals surface area contributed by atoms with E-state index in [1.807, 2.05) is 0 Å². The molecule has 7 nitrogen and oxygen atoms in total. The number of carbonyl (C=O) groups excluding carboxylic acids is 2. The fourth-order valence-corrected chi connectivity index (χ4v) is 2.53. The Morgan fingerprint density at radius 1 is 1.48 bits per heavy atom. The molecule has 0 saturated heterocycles. The molecule has 1 heterocycles. The molecule has 2 N–H and O–H groups in total. The van der Waals surface area contributed by atoms with Crippen molar-refractivity contribution in [1.29, 1.82) is 0 Å². The molecule has 0 aliphatic rings. The van der Waals surface area contributed by atoms with Crippen molar-refractivity contribution in [3.63, 3.8) is 0 Å². The molecule has 1 amide bonds. The number of methoxy groups -OCH3 is 1. The molecule has 1 aromatic heterocycles. The van der Waals surface area contributed by atoms with Crippen LogP contribution in [0.25, 0.3) is 0 Å². The first-order valence-electron chi connectivity index (χ1n) is 6.10. The molecule has 0 aliphatic heterocycles. The highest BCUT2D eigenvalue weighted by atomic mass is 32.2. The number of hydrogen-bond acceptors (Lipinski definition) is 6. The highest BCUT2D eigenvalue weighted by Gasteiger charge is 2.19. The largest absolute Gasteiger partial charge is 0.480 e. The molecule has 0 bridgehead atoms. The van der Waals surface area contributed by atoms with Crippen LogP contribution in [0.5, 0.6) is 0 Å². The van der Waals surface area contributed by atoms with E-state index in [4.69, 9.17) is 9.52 Å². The standard InChI is InChI=1S/C13H17NO6S/c1-7-4-9(20-11(7)13(18)19-3)5-21-6-10(12(16)17)14-8(2)15/h4,10H,5-6H2,1-3H3,(H,14,15)(H,16,17). The summed E-state index contributed by atoms with van der Waals surface area (Å²) in [6.45, 7) is 2.99. The second-order valence-corrected chi connectivity index (χ2v) is 5.35. The van der Waals surface area contributed by atoms with E-state index in [9.17, 15) is 14.4 Å². The Labute approximate surface area is 126 Å². The maximum Gasteiger partial charge on any atom is 0.374 e. The number of hydrogen-bond donors (Lipinski definition) is 2. The predicted molar refractivity (Wildman–Crippen MR) is 76.2 cm³/mol. The predicted octanol–water partition coefficient (Wildman–Crippen LogP) is 1.20. The minimum Gasteiger partial charge on any atom is -0.480 e. The normalized spacial score (nSPS) is 11.8. The first-order valence-corrected chi connectivity index (χ1v) is 7.26. The number of carbonyl (C=O) groups is 3. The van der Waals surface area contributed by atoms with E-state index in [0.29, 0.717) is 17.1 Å². The van der Waals surface area contributed by atoms with Crippen LogP contribution >= 0.6 is 11.8 Å². The highest BCUT2D eigenvalue weighted by molar-refractivity contribution is 7.98. The summed E-state index contributed by atoms with van der Waals surface area (Å²) in [5.74, 6) is -0.767. The van der Waals surface area contributed by atoms with E-state index in [-0.39, 0.29) is 11.5 Å². The Hall–Kier alpha value is -1.96. The van der Waals surface area contributed by atoms with Gasteiger partial charge in [0.1, 0.15) is 11.8 Å². The van der Waals surface area contributed by atoms with E-state index >= 15 is 0 Å². The molecule has 1 atom stereocenters. The van der Waals surface area contributed by atoms with Crippen molar-refractivity contribution >= 4 is 29.6 Å². The zero-order valence-electron chi connectivity index (χ0n) is 12.0. The van der Waals surface area contributed by atoms with Gasteiger partial charge in [-0.25, -0.2) is 9.59 Å². The summed E-state index contributed by atoms with van der Waals surface area (Å²) in [5, 5.41) is 11.3. The third-order valence-electron chi connectivity index (χ3n) is 2.54. The molecule has 0 spiro atoms. The van der Waals surface area contributed by atoms with Gasteiger partial charge in [-0.2, -0.15) is 11.8 Å². The fourth-order valence-electron chi connectivity index (χ4n) is 1.61. The average molecular weight is 315 g/mol. The fraction of sp³-hybridized carbons (Fsp3) is 0.462. The number of carboxylic acid groups (broad SMARTS) is 1. The summed E-state index contributed by atoms with van der Waals surface area (Å²) in [5.41, 5.74) is 0.661. The van der Waals surface area contributed by atoms with Gasteiger partial charge in [0.25, 0.3) is 0 Å². The van der Waals surface area contributed by atoms with Crippen LogP contribution in [0, 0.1) is 6.92 Å². The van der Waals surface area contributed by atoms with E-state index in [0.717, 1.165) is 0 Å². The zero-order chi connectivity index (χ0) is 16.0. The highest BCUT2D eigenvalue weighted by Crippen LogP contribution is 2.20. The van der Waals surface area contributed by atoms with Gasteiger partial charge >= 0.3 is 11.9 Å². The topological polar surface area (TPSA) is 106 Å². The molecular weight excluding hydrogens is 298 g/mol. The van der Waals surface area contributed by atoms with E-state index in [1.165, 1.54) is 25.8 Å². The van der Waals surface area contributed by atoms with E-state index < -0.39 is 23.9 Å². The van der Waals surface area contributed by atoms with Gasteiger partial charge in [-0.1, -0.05) is 0 Å². The third kappa shape index (κ3) is 5.14.